The molecule has 4 nitrogen and oxygen atoms in total. The molecule has 1 unspecified atom stereocenters. The lowest BCUT2D eigenvalue weighted by atomic mass is 10.3. The van der Waals surface area contributed by atoms with Gasteiger partial charge in [-0.25, -0.2) is 4.79 Å². The van der Waals surface area contributed by atoms with Crippen LogP contribution in [0.5, 0.6) is 0 Å². The van der Waals surface area contributed by atoms with E-state index in [9.17, 15) is 9.36 Å². The zero-order valence-corrected chi connectivity index (χ0v) is 12.2. The van der Waals surface area contributed by atoms with Crippen LogP contribution in [0.3, 0.4) is 0 Å². The van der Waals surface area contributed by atoms with E-state index in [1.165, 1.54) is 0 Å². The number of esters is 1. The maximum Gasteiger partial charge on any atom is 0.335 e. The van der Waals surface area contributed by atoms with Crippen LogP contribution in [-0.4, -0.2) is 18.7 Å². The van der Waals surface area contributed by atoms with E-state index in [2.05, 4.69) is 0 Å². The van der Waals surface area contributed by atoms with Crippen LogP contribution in [0.4, 0.5) is 0 Å². The number of cyclic esters (lactones) is 1. The third-order valence-electron chi connectivity index (χ3n) is 3.36. The van der Waals surface area contributed by atoms with Crippen molar-refractivity contribution in [2.75, 3.05) is 6.61 Å². The smallest absolute Gasteiger partial charge is 0.335 e. The van der Waals surface area contributed by atoms with Gasteiger partial charge < -0.3 is 9.26 Å². The minimum atomic E-state index is -3.31. The van der Waals surface area contributed by atoms with E-state index in [1.54, 1.807) is 48.5 Å². The average Bonchev–Trinajstić information content (AvgIpc) is 2.94. The summed E-state index contributed by atoms with van der Waals surface area (Å²) < 4.78 is 24.2. The van der Waals surface area contributed by atoms with Gasteiger partial charge in [-0.3, -0.25) is 4.57 Å². The van der Waals surface area contributed by atoms with E-state index in [1.807, 2.05) is 12.1 Å². The van der Waals surface area contributed by atoms with Gasteiger partial charge in [0.15, 0.2) is 6.10 Å². The highest BCUT2D eigenvalue weighted by Crippen LogP contribution is 2.46. The number of benzene rings is 2. The van der Waals surface area contributed by atoms with E-state index in [0.717, 1.165) is 0 Å². The average molecular weight is 302 g/mol. The zero-order valence-electron chi connectivity index (χ0n) is 11.3. The summed E-state index contributed by atoms with van der Waals surface area (Å²) in [4.78, 5) is 11.6. The van der Waals surface area contributed by atoms with E-state index >= 15 is 0 Å². The first-order valence-electron chi connectivity index (χ1n) is 6.76. The van der Waals surface area contributed by atoms with Crippen molar-refractivity contribution < 1.29 is 18.6 Å². The number of carbonyl (C=O) groups excluding carboxylic acids is 1. The molecule has 1 fully saturated rings. The second-order valence-electron chi connectivity index (χ2n) is 4.77. The van der Waals surface area contributed by atoms with Gasteiger partial charge in [-0.1, -0.05) is 36.4 Å². The lowest BCUT2D eigenvalue weighted by Gasteiger charge is -2.21. The highest BCUT2D eigenvalue weighted by molar-refractivity contribution is 7.74. The summed E-state index contributed by atoms with van der Waals surface area (Å²) in [5.41, 5.74) is 0. The van der Waals surface area contributed by atoms with Gasteiger partial charge in [-0.05, 0) is 24.3 Å². The van der Waals surface area contributed by atoms with Gasteiger partial charge in [0.25, 0.3) is 7.37 Å². The van der Waals surface area contributed by atoms with Crippen LogP contribution in [0, 0.1) is 0 Å². The van der Waals surface area contributed by atoms with Gasteiger partial charge in [-0.15, -0.1) is 0 Å². The molecule has 1 atom stereocenters. The molecule has 0 bridgehead atoms. The van der Waals surface area contributed by atoms with Crippen LogP contribution < -0.4 is 10.6 Å². The first-order valence-corrected chi connectivity index (χ1v) is 8.39. The summed E-state index contributed by atoms with van der Waals surface area (Å²) >= 11 is 0. The van der Waals surface area contributed by atoms with E-state index in [-0.39, 0.29) is 0 Å². The summed E-state index contributed by atoms with van der Waals surface area (Å²) in [5.74, 6) is -0.443. The number of ether oxygens (including phenoxy) is 1. The Morgan fingerprint density at radius 1 is 0.952 bits per heavy atom. The highest BCUT2D eigenvalue weighted by atomic mass is 31.2. The van der Waals surface area contributed by atoms with Gasteiger partial charge in [0.05, 0.1) is 6.61 Å². The van der Waals surface area contributed by atoms with Gasteiger partial charge >= 0.3 is 5.97 Å². The molecule has 0 N–H and O–H groups in total. The Labute approximate surface area is 123 Å². The van der Waals surface area contributed by atoms with Crippen LogP contribution in [-0.2, 0) is 18.6 Å². The Hall–Kier alpha value is -1.90. The summed E-state index contributed by atoms with van der Waals surface area (Å²) in [6.07, 6.45) is -0.334. The van der Waals surface area contributed by atoms with Crippen molar-refractivity contribution in [1.29, 1.82) is 0 Å². The highest BCUT2D eigenvalue weighted by Gasteiger charge is 2.37. The molecular formula is C16H15O4P. The first kappa shape index (κ1) is 14.1. The first-order chi connectivity index (χ1) is 10.2. The third-order valence-corrected chi connectivity index (χ3v) is 5.86. The zero-order chi connectivity index (χ0) is 14.7. The van der Waals surface area contributed by atoms with Crippen LogP contribution in [0.2, 0.25) is 0 Å². The Morgan fingerprint density at radius 3 is 1.90 bits per heavy atom. The van der Waals surface area contributed by atoms with Crippen molar-refractivity contribution in [2.24, 2.45) is 0 Å². The topological polar surface area (TPSA) is 52.6 Å². The molecule has 0 saturated carbocycles. The predicted octanol–water partition coefficient (Wildman–Crippen LogP) is 2.25. The Balaban J connectivity index is 2.03. The molecule has 0 spiro atoms. The van der Waals surface area contributed by atoms with Gasteiger partial charge in [0.2, 0.25) is 0 Å². The molecule has 2 aromatic rings. The second-order valence-corrected chi connectivity index (χ2v) is 7.12. The fraction of sp³-hybridized carbons (Fsp3) is 0.188. The normalized spacial score (nSPS) is 18.5. The largest absolute Gasteiger partial charge is 0.464 e. The molecule has 2 aromatic carbocycles. The monoisotopic (exact) mass is 302 g/mol. The Bertz CT molecular complexity index is 626. The SMILES string of the molecule is O=C1OCCC1OP(=O)(c1ccccc1)c1ccccc1. The van der Waals surface area contributed by atoms with Gasteiger partial charge in [-0.2, -0.15) is 0 Å². The number of hydrogen-bond acceptors (Lipinski definition) is 4. The molecule has 0 aliphatic carbocycles. The second kappa shape index (κ2) is 5.84. The molecule has 0 amide bonds. The third kappa shape index (κ3) is 2.78. The Kier molecular flexibility index (Phi) is 3.91. The standard InChI is InChI=1S/C16H15O4P/c17-16-15(11-12-19-16)20-21(18,13-7-3-1-4-8-13)14-9-5-2-6-10-14/h1-10,15H,11-12H2. The molecular weight excluding hydrogens is 287 g/mol. The Morgan fingerprint density at radius 2 is 1.48 bits per heavy atom. The lowest BCUT2D eigenvalue weighted by Crippen LogP contribution is -2.25. The summed E-state index contributed by atoms with van der Waals surface area (Å²) in [6, 6.07) is 18.0. The van der Waals surface area contributed by atoms with Crippen molar-refractivity contribution in [1.82, 2.24) is 0 Å². The lowest BCUT2D eigenvalue weighted by molar-refractivity contribution is -0.143. The maximum atomic E-state index is 13.5. The van der Waals surface area contributed by atoms with Gasteiger partial charge in [0.1, 0.15) is 0 Å². The molecule has 5 heteroatoms. The maximum absolute atomic E-state index is 13.5. The van der Waals surface area contributed by atoms with Crippen LogP contribution in [0.25, 0.3) is 0 Å². The minimum absolute atomic E-state index is 0.313. The number of hydrogen-bond donors (Lipinski definition) is 0. The molecule has 3 rings (SSSR count). The van der Waals surface area contributed by atoms with Crippen LogP contribution >= 0.6 is 7.37 Å². The van der Waals surface area contributed by atoms with Crippen LogP contribution in [0.15, 0.2) is 60.7 Å². The molecule has 21 heavy (non-hydrogen) atoms. The van der Waals surface area contributed by atoms with Crippen molar-refractivity contribution >= 4 is 23.9 Å². The van der Waals surface area contributed by atoms with Crippen molar-refractivity contribution in [2.45, 2.75) is 12.5 Å². The fourth-order valence-electron chi connectivity index (χ4n) is 2.27. The molecule has 1 heterocycles. The van der Waals surface area contributed by atoms with E-state index in [0.29, 0.717) is 23.6 Å². The molecule has 1 aliphatic heterocycles. The molecule has 108 valence electrons. The van der Waals surface area contributed by atoms with E-state index in [4.69, 9.17) is 9.26 Å². The summed E-state index contributed by atoms with van der Waals surface area (Å²) in [7, 11) is -3.31. The quantitative estimate of drug-likeness (QED) is 0.642. The van der Waals surface area contributed by atoms with Crippen molar-refractivity contribution in [3.05, 3.63) is 60.7 Å². The minimum Gasteiger partial charge on any atom is -0.464 e. The molecule has 1 saturated heterocycles. The number of rotatable bonds is 4. The summed E-state index contributed by atoms with van der Waals surface area (Å²) in [5, 5.41) is 1.16. The van der Waals surface area contributed by atoms with Crippen molar-refractivity contribution in [3.8, 4) is 0 Å². The summed E-state index contributed by atoms with van der Waals surface area (Å²) in [6.45, 7) is 0.313. The fourth-order valence-corrected chi connectivity index (χ4v) is 4.49. The van der Waals surface area contributed by atoms with Crippen LogP contribution in [0.1, 0.15) is 6.42 Å². The van der Waals surface area contributed by atoms with Crippen molar-refractivity contribution in [3.63, 3.8) is 0 Å². The molecule has 1 aliphatic rings. The molecule has 0 aromatic heterocycles. The molecule has 0 radical (unpaired) electrons. The predicted molar refractivity (Wildman–Crippen MR) is 80.2 cm³/mol. The number of carbonyl (C=O) groups is 1. The van der Waals surface area contributed by atoms with E-state index < -0.39 is 19.4 Å². The van der Waals surface area contributed by atoms with Gasteiger partial charge in [0, 0.05) is 17.0 Å².